The molecule has 2 aromatic heterocycles. The number of carbonyl (C=O) groups is 1. The summed E-state index contributed by atoms with van der Waals surface area (Å²) in [5.74, 6) is 1.65. The molecule has 0 aliphatic heterocycles. The first-order valence-electron chi connectivity index (χ1n) is 12.4. The Bertz CT molecular complexity index is 1610. The molecule has 0 saturated heterocycles. The fraction of sp³-hybridized carbons (Fsp3) is 0.133. The van der Waals surface area contributed by atoms with Crippen LogP contribution < -0.4 is 20.7 Å². The van der Waals surface area contributed by atoms with Gasteiger partial charge in [-0.3, -0.25) is 9.48 Å². The van der Waals surface area contributed by atoms with Crippen molar-refractivity contribution in [1.29, 1.82) is 0 Å². The van der Waals surface area contributed by atoms with Crippen molar-refractivity contribution in [2.75, 3.05) is 23.1 Å². The molecule has 0 atom stereocenters. The second-order valence-corrected chi connectivity index (χ2v) is 9.14. The number of nitrogens with one attached hydrogen (secondary N) is 3. The number of amides is 1. The molecule has 5 aromatic rings. The minimum Gasteiger partial charge on any atom is -0.497 e. The zero-order valence-electron chi connectivity index (χ0n) is 22.2. The van der Waals surface area contributed by atoms with Crippen molar-refractivity contribution in [3.8, 4) is 17.0 Å². The first-order valence-corrected chi connectivity index (χ1v) is 12.4. The Hall–Kier alpha value is -5.18. The number of rotatable bonds is 8. The Morgan fingerprint density at radius 2 is 1.51 bits per heavy atom. The first kappa shape index (κ1) is 25.5. The lowest BCUT2D eigenvalue weighted by atomic mass is 10.1. The molecule has 9 nitrogen and oxygen atoms in total. The van der Waals surface area contributed by atoms with Gasteiger partial charge in [-0.25, -0.2) is 4.98 Å². The predicted molar refractivity (Wildman–Crippen MR) is 154 cm³/mol. The van der Waals surface area contributed by atoms with E-state index in [2.05, 4.69) is 31.0 Å². The number of anilines is 5. The maximum Gasteiger partial charge on any atom is 0.273 e. The SMILES string of the molecule is COc1cccc(-c2cc(C(=O)Nc3ccc(Nc4cc(C)nc(Nc5ccc(C)cc5)n4)cc3)n(C)n2)c1. The van der Waals surface area contributed by atoms with E-state index in [4.69, 9.17) is 4.74 Å². The van der Waals surface area contributed by atoms with Gasteiger partial charge >= 0.3 is 0 Å². The zero-order valence-corrected chi connectivity index (χ0v) is 22.2. The molecule has 3 aromatic carbocycles. The van der Waals surface area contributed by atoms with E-state index in [1.807, 2.05) is 92.7 Å². The Labute approximate surface area is 226 Å². The topological polar surface area (TPSA) is 106 Å². The second kappa shape index (κ2) is 11.1. The fourth-order valence-electron chi connectivity index (χ4n) is 4.04. The highest BCUT2D eigenvalue weighted by Crippen LogP contribution is 2.25. The average molecular weight is 520 g/mol. The number of hydrogen-bond donors (Lipinski definition) is 3. The smallest absolute Gasteiger partial charge is 0.273 e. The summed E-state index contributed by atoms with van der Waals surface area (Å²) >= 11 is 0. The Kier molecular flexibility index (Phi) is 7.22. The van der Waals surface area contributed by atoms with Gasteiger partial charge < -0.3 is 20.7 Å². The number of aromatic nitrogens is 4. The molecule has 0 bridgehead atoms. The largest absolute Gasteiger partial charge is 0.497 e. The first-order chi connectivity index (χ1) is 18.9. The van der Waals surface area contributed by atoms with Crippen LogP contribution in [0, 0.1) is 13.8 Å². The molecule has 0 spiro atoms. The summed E-state index contributed by atoms with van der Waals surface area (Å²) in [5.41, 5.74) is 6.43. The van der Waals surface area contributed by atoms with Crippen molar-refractivity contribution in [3.05, 3.63) is 102 Å². The molecule has 39 heavy (non-hydrogen) atoms. The monoisotopic (exact) mass is 519 g/mol. The summed E-state index contributed by atoms with van der Waals surface area (Å²) in [6.07, 6.45) is 0. The van der Waals surface area contributed by atoms with Gasteiger partial charge in [0.05, 0.1) is 12.8 Å². The van der Waals surface area contributed by atoms with Crippen molar-refractivity contribution in [3.63, 3.8) is 0 Å². The Balaban J connectivity index is 1.25. The van der Waals surface area contributed by atoms with Crippen molar-refractivity contribution in [2.45, 2.75) is 13.8 Å². The number of ether oxygens (including phenoxy) is 1. The lowest BCUT2D eigenvalue weighted by molar-refractivity contribution is 0.101. The van der Waals surface area contributed by atoms with Crippen molar-refractivity contribution < 1.29 is 9.53 Å². The van der Waals surface area contributed by atoms with Gasteiger partial charge in [-0.2, -0.15) is 10.1 Å². The molecular formula is C30H29N7O2. The van der Waals surface area contributed by atoms with Gasteiger partial charge in [-0.1, -0.05) is 29.8 Å². The van der Waals surface area contributed by atoms with Gasteiger partial charge in [-0.05, 0) is 68.4 Å². The normalized spacial score (nSPS) is 10.7. The van der Waals surface area contributed by atoms with E-state index in [9.17, 15) is 4.79 Å². The molecule has 5 rings (SSSR count). The third kappa shape index (κ3) is 6.22. The third-order valence-electron chi connectivity index (χ3n) is 6.06. The van der Waals surface area contributed by atoms with E-state index >= 15 is 0 Å². The van der Waals surface area contributed by atoms with Crippen LogP contribution in [0.4, 0.5) is 28.8 Å². The number of nitrogens with zero attached hydrogens (tertiary/aromatic N) is 4. The number of aryl methyl sites for hydroxylation is 3. The van der Waals surface area contributed by atoms with Crippen LogP contribution in [0.25, 0.3) is 11.3 Å². The van der Waals surface area contributed by atoms with Gasteiger partial charge in [-0.15, -0.1) is 0 Å². The quantitative estimate of drug-likeness (QED) is 0.223. The van der Waals surface area contributed by atoms with Gasteiger partial charge in [0.15, 0.2) is 0 Å². The van der Waals surface area contributed by atoms with Crippen LogP contribution in [0.2, 0.25) is 0 Å². The van der Waals surface area contributed by atoms with Gasteiger partial charge in [0, 0.05) is 41.4 Å². The molecular weight excluding hydrogens is 490 g/mol. The van der Waals surface area contributed by atoms with Crippen molar-refractivity contribution in [1.82, 2.24) is 19.7 Å². The number of methoxy groups -OCH3 is 1. The molecule has 0 fully saturated rings. The van der Waals surface area contributed by atoms with Crippen LogP contribution in [-0.4, -0.2) is 32.8 Å². The molecule has 0 unspecified atom stereocenters. The Morgan fingerprint density at radius 3 is 2.26 bits per heavy atom. The van der Waals surface area contributed by atoms with Crippen LogP contribution in [0.1, 0.15) is 21.7 Å². The number of hydrogen-bond acceptors (Lipinski definition) is 7. The lowest BCUT2D eigenvalue weighted by Crippen LogP contribution is -2.16. The lowest BCUT2D eigenvalue weighted by Gasteiger charge is -2.11. The summed E-state index contributed by atoms with van der Waals surface area (Å²) in [5, 5.41) is 14.0. The average Bonchev–Trinajstić information content (AvgIpc) is 3.32. The maximum atomic E-state index is 13.0. The number of carbonyl (C=O) groups excluding carboxylic acids is 1. The summed E-state index contributed by atoms with van der Waals surface area (Å²) in [7, 11) is 3.37. The second-order valence-electron chi connectivity index (χ2n) is 9.14. The van der Waals surface area contributed by atoms with Gasteiger partial charge in [0.2, 0.25) is 5.95 Å². The van der Waals surface area contributed by atoms with Gasteiger partial charge in [0.25, 0.3) is 5.91 Å². The van der Waals surface area contributed by atoms with Crippen molar-refractivity contribution in [2.24, 2.45) is 7.05 Å². The molecule has 2 heterocycles. The molecule has 1 amide bonds. The van der Waals surface area contributed by atoms with E-state index < -0.39 is 0 Å². The molecule has 0 saturated carbocycles. The van der Waals surface area contributed by atoms with E-state index in [-0.39, 0.29) is 5.91 Å². The van der Waals surface area contributed by atoms with E-state index in [1.54, 1.807) is 24.9 Å². The predicted octanol–water partition coefficient (Wildman–Crippen LogP) is 6.24. The zero-order chi connectivity index (χ0) is 27.4. The standard InChI is InChI=1S/C30H29N7O2/c1-19-8-10-24(11-9-19)34-30-31-20(2)16-28(35-30)32-22-12-14-23(15-13-22)33-29(38)27-18-26(36-37(27)3)21-6-5-7-25(17-21)39-4/h5-18H,1-4H3,(H,33,38)(H2,31,32,34,35). The minimum absolute atomic E-state index is 0.252. The summed E-state index contributed by atoms with van der Waals surface area (Å²) in [4.78, 5) is 22.1. The van der Waals surface area contributed by atoms with Crippen LogP contribution in [-0.2, 0) is 7.05 Å². The van der Waals surface area contributed by atoms with Crippen LogP contribution in [0.15, 0.2) is 84.9 Å². The number of benzene rings is 3. The van der Waals surface area contributed by atoms with Gasteiger partial charge in [0.1, 0.15) is 17.3 Å². The highest BCUT2D eigenvalue weighted by atomic mass is 16.5. The summed E-state index contributed by atoms with van der Waals surface area (Å²) in [6, 6.07) is 26.7. The maximum absolute atomic E-state index is 13.0. The molecule has 0 radical (unpaired) electrons. The molecule has 3 N–H and O–H groups in total. The molecule has 196 valence electrons. The van der Waals surface area contributed by atoms with E-state index in [1.165, 1.54) is 5.56 Å². The summed E-state index contributed by atoms with van der Waals surface area (Å²) < 4.78 is 6.87. The van der Waals surface area contributed by atoms with Crippen LogP contribution in [0.3, 0.4) is 0 Å². The molecule has 0 aliphatic carbocycles. The molecule has 0 aliphatic rings. The Morgan fingerprint density at radius 1 is 0.821 bits per heavy atom. The highest BCUT2D eigenvalue weighted by Gasteiger charge is 2.15. The molecule has 9 heteroatoms. The van der Waals surface area contributed by atoms with Crippen LogP contribution in [0.5, 0.6) is 5.75 Å². The van der Waals surface area contributed by atoms with Crippen LogP contribution >= 0.6 is 0 Å². The van der Waals surface area contributed by atoms with E-state index in [0.717, 1.165) is 28.4 Å². The third-order valence-corrected chi connectivity index (χ3v) is 6.06. The van der Waals surface area contributed by atoms with E-state index in [0.29, 0.717) is 28.8 Å². The highest BCUT2D eigenvalue weighted by molar-refractivity contribution is 6.03. The minimum atomic E-state index is -0.252. The summed E-state index contributed by atoms with van der Waals surface area (Å²) in [6.45, 7) is 3.97. The fourth-order valence-corrected chi connectivity index (χ4v) is 4.04. The van der Waals surface area contributed by atoms with Crippen molar-refractivity contribution >= 4 is 34.7 Å².